The maximum Gasteiger partial charge on any atom is 0.251 e. The highest BCUT2D eigenvalue weighted by Crippen LogP contribution is 2.28. The summed E-state index contributed by atoms with van der Waals surface area (Å²) in [4.78, 5) is 26.7. The number of hydrogen-bond acceptors (Lipinski definition) is 8. The van der Waals surface area contributed by atoms with Crippen molar-refractivity contribution in [2.45, 2.75) is 23.9 Å². The largest absolute Gasteiger partial charge is 0.493 e. The fourth-order valence-corrected chi connectivity index (χ4v) is 5.98. The van der Waals surface area contributed by atoms with Crippen LogP contribution in [0.5, 0.6) is 11.5 Å². The number of aromatic nitrogens is 2. The van der Waals surface area contributed by atoms with Crippen LogP contribution in [0.3, 0.4) is 0 Å². The van der Waals surface area contributed by atoms with E-state index in [1.54, 1.807) is 14.2 Å². The summed E-state index contributed by atoms with van der Waals surface area (Å²) in [6, 6.07) is 25.8. The minimum atomic E-state index is -0.105. The average Bonchev–Trinajstić information content (AvgIpc) is 3.04. The number of hydrogen-bond donors (Lipinski definition) is 1. The van der Waals surface area contributed by atoms with Crippen LogP contribution in [0.2, 0.25) is 5.15 Å². The van der Waals surface area contributed by atoms with E-state index in [4.69, 9.17) is 26.1 Å². The van der Waals surface area contributed by atoms with E-state index in [-0.39, 0.29) is 5.91 Å². The van der Waals surface area contributed by atoms with Gasteiger partial charge in [-0.1, -0.05) is 71.9 Å². The minimum Gasteiger partial charge on any atom is -0.493 e. The Morgan fingerprint density at radius 3 is 2.30 bits per heavy atom. The average molecular weight is 618 g/mol. The van der Waals surface area contributed by atoms with Crippen LogP contribution in [-0.4, -0.2) is 67.7 Å². The third-order valence-electron chi connectivity index (χ3n) is 7.34. The molecule has 10 heteroatoms. The highest BCUT2D eigenvalue weighted by atomic mass is 35.5. The number of piperazine rings is 1. The number of methoxy groups -OCH3 is 2. The van der Waals surface area contributed by atoms with Gasteiger partial charge in [0.2, 0.25) is 0 Å². The Balaban J connectivity index is 1.09. The number of thioether (sulfide) groups is 1. The van der Waals surface area contributed by atoms with Crippen molar-refractivity contribution < 1.29 is 14.3 Å². The molecule has 1 fully saturated rings. The maximum atomic E-state index is 12.7. The number of benzene rings is 3. The summed E-state index contributed by atoms with van der Waals surface area (Å²) in [6.45, 7) is 5.19. The fraction of sp³-hybridized carbons (Fsp3) is 0.303. The van der Waals surface area contributed by atoms with Gasteiger partial charge in [0.05, 0.1) is 14.2 Å². The number of carbonyl (C=O) groups is 1. The highest BCUT2D eigenvalue weighted by molar-refractivity contribution is 7.98. The number of ether oxygens (including phenoxy) is 2. The van der Waals surface area contributed by atoms with Gasteiger partial charge in [0, 0.05) is 56.7 Å². The molecule has 0 radical (unpaired) electrons. The molecule has 43 heavy (non-hydrogen) atoms. The first-order valence-corrected chi connectivity index (χ1v) is 15.6. The van der Waals surface area contributed by atoms with Crippen LogP contribution in [-0.2, 0) is 18.7 Å². The molecule has 3 aromatic carbocycles. The van der Waals surface area contributed by atoms with Crippen molar-refractivity contribution in [1.82, 2.24) is 20.2 Å². The molecule has 0 aliphatic carbocycles. The number of carbonyl (C=O) groups excluding carboxylic acids is 1. The highest BCUT2D eigenvalue weighted by Gasteiger charge is 2.19. The van der Waals surface area contributed by atoms with E-state index in [0.29, 0.717) is 46.1 Å². The van der Waals surface area contributed by atoms with Crippen molar-refractivity contribution in [1.29, 1.82) is 0 Å². The van der Waals surface area contributed by atoms with Gasteiger partial charge in [-0.25, -0.2) is 9.97 Å². The summed E-state index contributed by atoms with van der Waals surface area (Å²) in [5, 5.41) is 4.08. The molecule has 1 aliphatic heterocycles. The van der Waals surface area contributed by atoms with Crippen molar-refractivity contribution in [3.05, 3.63) is 106 Å². The van der Waals surface area contributed by atoms with E-state index in [9.17, 15) is 4.79 Å². The van der Waals surface area contributed by atoms with Crippen LogP contribution in [0, 0.1) is 0 Å². The molecule has 8 nitrogen and oxygen atoms in total. The first kappa shape index (κ1) is 30.7. The molecule has 1 aromatic heterocycles. The number of nitrogens with zero attached hydrogens (tertiary/aromatic N) is 4. The zero-order valence-corrected chi connectivity index (χ0v) is 26.0. The van der Waals surface area contributed by atoms with Gasteiger partial charge in [0.25, 0.3) is 5.91 Å². The molecular formula is C33H36ClN5O3S. The standard InChI is InChI=1S/C33H36ClN5O3S/c1-41-28-13-10-24(20-29(28)42-2)14-15-35-32(40)27-11-8-26(9-12-27)23-43-33-36-30(34)21-31(37-33)39-18-16-38(17-19-39)22-25-6-4-3-5-7-25/h3-13,20-21H,14-19,22-23H2,1-2H3,(H,35,40). The van der Waals surface area contributed by atoms with Crippen LogP contribution >= 0.6 is 23.4 Å². The van der Waals surface area contributed by atoms with E-state index in [1.807, 2.05) is 48.5 Å². The number of nitrogens with one attached hydrogen (secondary N) is 1. The second kappa shape index (κ2) is 15.1. The smallest absolute Gasteiger partial charge is 0.251 e. The van der Waals surface area contributed by atoms with E-state index in [1.165, 1.54) is 17.3 Å². The molecule has 1 amide bonds. The lowest BCUT2D eigenvalue weighted by atomic mass is 10.1. The van der Waals surface area contributed by atoms with Crippen molar-refractivity contribution in [3.8, 4) is 11.5 Å². The Morgan fingerprint density at radius 2 is 1.58 bits per heavy atom. The zero-order chi connectivity index (χ0) is 30.0. The van der Waals surface area contributed by atoms with Gasteiger partial charge in [-0.3, -0.25) is 9.69 Å². The number of rotatable bonds is 12. The van der Waals surface area contributed by atoms with Gasteiger partial charge in [-0.2, -0.15) is 0 Å². The molecule has 1 N–H and O–H groups in total. The van der Waals surface area contributed by atoms with Gasteiger partial charge < -0.3 is 19.7 Å². The lowest BCUT2D eigenvalue weighted by Crippen LogP contribution is -2.46. The maximum absolute atomic E-state index is 12.7. The van der Waals surface area contributed by atoms with E-state index < -0.39 is 0 Å². The number of halogens is 1. The Bertz CT molecular complexity index is 1500. The summed E-state index contributed by atoms with van der Waals surface area (Å²) in [6.07, 6.45) is 0.686. The predicted octanol–water partition coefficient (Wildman–Crippen LogP) is 5.73. The quantitative estimate of drug-likeness (QED) is 0.123. The lowest BCUT2D eigenvalue weighted by Gasteiger charge is -2.35. The topological polar surface area (TPSA) is 79.8 Å². The first-order chi connectivity index (χ1) is 21.0. The van der Waals surface area contributed by atoms with Gasteiger partial charge in [-0.15, -0.1) is 0 Å². The normalized spacial score (nSPS) is 13.5. The second-order valence-corrected chi connectivity index (χ2v) is 11.6. The van der Waals surface area contributed by atoms with Gasteiger partial charge in [0.1, 0.15) is 11.0 Å². The van der Waals surface area contributed by atoms with Crippen LogP contribution in [0.4, 0.5) is 5.82 Å². The van der Waals surface area contributed by atoms with Crippen LogP contribution in [0.15, 0.2) is 84.0 Å². The molecule has 0 spiro atoms. The van der Waals surface area contributed by atoms with E-state index in [0.717, 1.165) is 49.7 Å². The summed E-state index contributed by atoms with van der Waals surface area (Å²) in [5.74, 6) is 2.79. The summed E-state index contributed by atoms with van der Waals surface area (Å²) in [7, 11) is 3.22. The summed E-state index contributed by atoms with van der Waals surface area (Å²) >= 11 is 7.93. The summed E-state index contributed by atoms with van der Waals surface area (Å²) in [5.41, 5.74) is 4.09. The Kier molecular flexibility index (Phi) is 10.8. The Labute approximate surface area is 262 Å². The molecule has 224 valence electrons. The Morgan fingerprint density at radius 1 is 0.860 bits per heavy atom. The minimum absolute atomic E-state index is 0.105. The third kappa shape index (κ3) is 8.63. The molecule has 0 atom stereocenters. The number of amides is 1. The molecule has 1 saturated heterocycles. The first-order valence-electron chi connectivity index (χ1n) is 14.3. The van der Waals surface area contributed by atoms with Gasteiger partial charge >= 0.3 is 0 Å². The molecule has 0 saturated carbocycles. The second-order valence-electron chi connectivity index (χ2n) is 10.3. The van der Waals surface area contributed by atoms with Crippen molar-refractivity contribution >= 4 is 35.1 Å². The zero-order valence-electron chi connectivity index (χ0n) is 24.5. The molecule has 1 aliphatic rings. The Hall–Kier alpha value is -3.79. The fourth-order valence-electron chi connectivity index (χ4n) is 4.95. The SMILES string of the molecule is COc1ccc(CCNC(=O)c2ccc(CSc3nc(Cl)cc(N4CCN(Cc5ccccc5)CC4)n3)cc2)cc1OC. The number of anilines is 1. The van der Waals surface area contributed by atoms with E-state index >= 15 is 0 Å². The molecule has 4 aromatic rings. The van der Waals surface area contributed by atoms with Crippen molar-refractivity contribution in [3.63, 3.8) is 0 Å². The van der Waals surface area contributed by atoms with Crippen molar-refractivity contribution in [2.75, 3.05) is 51.8 Å². The monoisotopic (exact) mass is 617 g/mol. The molecule has 0 unspecified atom stereocenters. The summed E-state index contributed by atoms with van der Waals surface area (Å²) < 4.78 is 10.6. The van der Waals surface area contributed by atoms with Crippen LogP contribution in [0.25, 0.3) is 0 Å². The molecule has 5 rings (SSSR count). The van der Waals surface area contributed by atoms with Crippen LogP contribution < -0.4 is 19.7 Å². The van der Waals surface area contributed by atoms with Crippen LogP contribution in [0.1, 0.15) is 27.0 Å². The lowest BCUT2D eigenvalue weighted by molar-refractivity contribution is 0.0954. The molecular weight excluding hydrogens is 582 g/mol. The van der Waals surface area contributed by atoms with Gasteiger partial charge in [0.15, 0.2) is 16.7 Å². The molecule has 2 heterocycles. The van der Waals surface area contributed by atoms with Gasteiger partial charge in [-0.05, 0) is 47.4 Å². The predicted molar refractivity (Wildman–Crippen MR) is 173 cm³/mol. The third-order valence-corrected chi connectivity index (χ3v) is 8.45. The van der Waals surface area contributed by atoms with E-state index in [2.05, 4.69) is 50.4 Å². The molecule has 0 bridgehead atoms. The van der Waals surface area contributed by atoms with Crippen molar-refractivity contribution in [2.24, 2.45) is 0 Å².